The van der Waals surface area contributed by atoms with Gasteiger partial charge in [0.25, 0.3) is 11.6 Å². The molecule has 0 radical (unpaired) electrons. The number of carbonyl (C=O) groups is 1. The Labute approximate surface area is 90.8 Å². The summed E-state index contributed by atoms with van der Waals surface area (Å²) < 4.78 is 12.9. The summed E-state index contributed by atoms with van der Waals surface area (Å²) in [6.07, 6.45) is 0. The normalized spacial score (nSPS) is 10.2. The summed E-state index contributed by atoms with van der Waals surface area (Å²) in [6.45, 7) is 0. The lowest BCUT2D eigenvalue weighted by Gasteiger charge is -2.11. The molecule has 0 fully saturated rings. The first-order chi connectivity index (χ1) is 7.41. The van der Waals surface area contributed by atoms with E-state index in [0.717, 1.165) is 18.2 Å². The van der Waals surface area contributed by atoms with Crippen molar-refractivity contribution in [3.63, 3.8) is 0 Å². The summed E-state index contributed by atoms with van der Waals surface area (Å²) in [7, 11) is 3.09. The predicted octanol–water partition coefficient (Wildman–Crippen LogP) is 0.940. The molecular formula is C9H10FN3O3. The van der Waals surface area contributed by atoms with Crippen molar-refractivity contribution in [3.05, 3.63) is 39.7 Å². The Balaban J connectivity index is 3.14. The molecule has 0 saturated heterocycles. The Hall–Kier alpha value is -2.02. The zero-order chi connectivity index (χ0) is 12.3. The first kappa shape index (κ1) is 12.1. The van der Waals surface area contributed by atoms with Crippen LogP contribution < -0.4 is 5.43 Å². The predicted molar refractivity (Wildman–Crippen MR) is 54.2 cm³/mol. The molecule has 86 valence electrons. The summed E-state index contributed by atoms with van der Waals surface area (Å²) >= 11 is 0. The van der Waals surface area contributed by atoms with Gasteiger partial charge < -0.3 is 0 Å². The molecule has 0 heterocycles. The van der Waals surface area contributed by atoms with Crippen molar-refractivity contribution >= 4 is 11.6 Å². The molecule has 1 aromatic carbocycles. The summed E-state index contributed by atoms with van der Waals surface area (Å²) in [4.78, 5) is 21.4. The number of hydrazine groups is 1. The van der Waals surface area contributed by atoms with Crippen molar-refractivity contribution in [2.45, 2.75) is 0 Å². The van der Waals surface area contributed by atoms with E-state index < -0.39 is 22.3 Å². The van der Waals surface area contributed by atoms with Gasteiger partial charge in [0.1, 0.15) is 11.4 Å². The maximum atomic E-state index is 12.9. The highest BCUT2D eigenvalue weighted by molar-refractivity contribution is 5.97. The molecule has 0 aromatic heterocycles. The minimum Gasteiger partial charge on any atom is -0.285 e. The minimum absolute atomic E-state index is 0.307. The van der Waals surface area contributed by atoms with Gasteiger partial charge in [-0.1, -0.05) is 0 Å². The fraction of sp³-hybridized carbons (Fsp3) is 0.222. The van der Waals surface area contributed by atoms with Crippen molar-refractivity contribution in [2.24, 2.45) is 0 Å². The molecule has 1 rings (SSSR count). The Morgan fingerprint density at radius 3 is 2.62 bits per heavy atom. The first-order valence-electron chi connectivity index (χ1n) is 4.34. The molecule has 1 N–H and O–H groups in total. The fourth-order valence-corrected chi connectivity index (χ4v) is 1.11. The van der Waals surface area contributed by atoms with E-state index in [-0.39, 0.29) is 5.56 Å². The topological polar surface area (TPSA) is 75.5 Å². The Kier molecular flexibility index (Phi) is 3.51. The van der Waals surface area contributed by atoms with Gasteiger partial charge in [0.15, 0.2) is 0 Å². The lowest BCUT2D eigenvalue weighted by molar-refractivity contribution is -0.385. The zero-order valence-corrected chi connectivity index (χ0v) is 8.73. The van der Waals surface area contributed by atoms with E-state index in [4.69, 9.17) is 0 Å². The van der Waals surface area contributed by atoms with Crippen LogP contribution in [0.25, 0.3) is 0 Å². The van der Waals surface area contributed by atoms with Gasteiger partial charge in [-0.15, -0.1) is 0 Å². The van der Waals surface area contributed by atoms with Crippen LogP contribution in [0.5, 0.6) is 0 Å². The molecule has 0 unspecified atom stereocenters. The molecule has 16 heavy (non-hydrogen) atoms. The molecular weight excluding hydrogens is 217 g/mol. The van der Waals surface area contributed by atoms with Crippen LogP contribution in [0.2, 0.25) is 0 Å². The Morgan fingerprint density at radius 1 is 1.50 bits per heavy atom. The summed E-state index contributed by atoms with van der Waals surface area (Å²) in [5.74, 6) is -1.43. The van der Waals surface area contributed by atoms with E-state index in [1.807, 2.05) is 0 Å². The number of carbonyl (C=O) groups excluding carboxylic acids is 1. The van der Waals surface area contributed by atoms with Crippen LogP contribution in [0.1, 0.15) is 10.4 Å². The molecule has 1 amide bonds. The summed E-state index contributed by atoms with van der Waals surface area (Å²) in [6, 6.07) is 2.72. The number of nitro groups is 1. The average molecular weight is 227 g/mol. The molecule has 0 saturated carbocycles. The second-order valence-corrected chi connectivity index (χ2v) is 3.25. The van der Waals surface area contributed by atoms with Crippen LogP contribution in [-0.2, 0) is 0 Å². The average Bonchev–Trinajstić information content (AvgIpc) is 2.15. The number of rotatable bonds is 3. The number of benzene rings is 1. The van der Waals surface area contributed by atoms with Crippen LogP contribution in [0.3, 0.4) is 0 Å². The van der Waals surface area contributed by atoms with Gasteiger partial charge in [-0.3, -0.25) is 20.3 Å². The van der Waals surface area contributed by atoms with Crippen LogP contribution in [0.15, 0.2) is 18.2 Å². The van der Waals surface area contributed by atoms with E-state index in [2.05, 4.69) is 5.43 Å². The number of hydrogen-bond acceptors (Lipinski definition) is 4. The highest BCUT2D eigenvalue weighted by atomic mass is 19.1. The standard InChI is InChI=1S/C9H10FN3O3/c1-12(2)11-9(14)7-5-6(10)3-4-8(7)13(15)16/h3-5H,1-2H3,(H,11,14). The van der Waals surface area contributed by atoms with Gasteiger partial charge in [0.05, 0.1) is 4.92 Å². The third kappa shape index (κ3) is 2.74. The van der Waals surface area contributed by atoms with Gasteiger partial charge in [-0.2, -0.15) is 0 Å². The number of nitrogens with one attached hydrogen (secondary N) is 1. The number of nitro benzene ring substituents is 1. The minimum atomic E-state index is -0.732. The van der Waals surface area contributed by atoms with Crippen molar-refractivity contribution in [2.75, 3.05) is 14.1 Å². The number of nitrogens with zero attached hydrogens (tertiary/aromatic N) is 2. The smallest absolute Gasteiger partial charge is 0.282 e. The molecule has 0 spiro atoms. The molecule has 7 heteroatoms. The van der Waals surface area contributed by atoms with Gasteiger partial charge in [0, 0.05) is 20.2 Å². The van der Waals surface area contributed by atoms with Crippen molar-refractivity contribution in [3.8, 4) is 0 Å². The van der Waals surface area contributed by atoms with E-state index in [1.165, 1.54) is 5.01 Å². The maximum absolute atomic E-state index is 12.9. The molecule has 1 aromatic rings. The van der Waals surface area contributed by atoms with Crippen LogP contribution >= 0.6 is 0 Å². The third-order valence-corrected chi connectivity index (χ3v) is 1.73. The van der Waals surface area contributed by atoms with Crippen molar-refractivity contribution in [1.82, 2.24) is 10.4 Å². The van der Waals surface area contributed by atoms with Crippen LogP contribution in [-0.4, -0.2) is 29.9 Å². The molecule has 6 nitrogen and oxygen atoms in total. The van der Waals surface area contributed by atoms with Crippen LogP contribution in [0, 0.1) is 15.9 Å². The van der Waals surface area contributed by atoms with Gasteiger partial charge in [-0.25, -0.2) is 9.40 Å². The number of hydrogen-bond donors (Lipinski definition) is 1. The first-order valence-corrected chi connectivity index (χ1v) is 4.34. The molecule has 0 aliphatic heterocycles. The van der Waals surface area contributed by atoms with Crippen molar-refractivity contribution in [1.29, 1.82) is 0 Å². The van der Waals surface area contributed by atoms with Gasteiger partial charge in [0.2, 0.25) is 0 Å². The monoisotopic (exact) mass is 227 g/mol. The molecule has 0 aliphatic carbocycles. The zero-order valence-electron chi connectivity index (χ0n) is 8.73. The lowest BCUT2D eigenvalue weighted by atomic mass is 10.1. The highest BCUT2D eigenvalue weighted by Gasteiger charge is 2.20. The van der Waals surface area contributed by atoms with E-state index in [0.29, 0.717) is 0 Å². The van der Waals surface area contributed by atoms with E-state index in [1.54, 1.807) is 14.1 Å². The molecule has 0 atom stereocenters. The Bertz CT molecular complexity index is 434. The van der Waals surface area contributed by atoms with E-state index in [9.17, 15) is 19.3 Å². The van der Waals surface area contributed by atoms with Crippen LogP contribution in [0.4, 0.5) is 10.1 Å². The number of amides is 1. The summed E-state index contributed by atoms with van der Waals surface area (Å²) in [5, 5.41) is 11.9. The quantitative estimate of drug-likeness (QED) is 0.616. The largest absolute Gasteiger partial charge is 0.285 e. The Morgan fingerprint density at radius 2 is 2.12 bits per heavy atom. The molecule has 0 bridgehead atoms. The second-order valence-electron chi connectivity index (χ2n) is 3.25. The van der Waals surface area contributed by atoms with Gasteiger partial charge >= 0.3 is 0 Å². The van der Waals surface area contributed by atoms with Gasteiger partial charge in [-0.05, 0) is 12.1 Å². The van der Waals surface area contributed by atoms with E-state index >= 15 is 0 Å². The second kappa shape index (κ2) is 4.67. The highest BCUT2D eigenvalue weighted by Crippen LogP contribution is 2.19. The maximum Gasteiger partial charge on any atom is 0.282 e. The lowest BCUT2D eigenvalue weighted by Crippen LogP contribution is -2.36. The fourth-order valence-electron chi connectivity index (χ4n) is 1.11. The third-order valence-electron chi connectivity index (χ3n) is 1.73. The van der Waals surface area contributed by atoms with Crippen molar-refractivity contribution < 1.29 is 14.1 Å². The summed E-state index contributed by atoms with van der Waals surface area (Å²) in [5.41, 5.74) is 1.57. The number of halogens is 1. The SMILES string of the molecule is CN(C)NC(=O)c1cc(F)ccc1[N+](=O)[O-]. The molecule has 0 aliphatic rings.